The molecule has 4 aromatic rings. The molecule has 0 aliphatic carbocycles. The number of hydrogen-bond acceptors (Lipinski definition) is 8. The summed E-state index contributed by atoms with van der Waals surface area (Å²) in [4.78, 5) is 21.8. The Morgan fingerprint density at radius 3 is 2.58 bits per heavy atom. The van der Waals surface area contributed by atoms with Crippen LogP contribution in [0.1, 0.15) is 34.8 Å². The van der Waals surface area contributed by atoms with Gasteiger partial charge in [-0.15, -0.1) is 5.10 Å². The quantitative estimate of drug-likeness (QED) is 0.462. The number of amides is 1. The number of benzene rings is 2. The molecule has 2 aromatic heterocycles. The summed E-state index contributed by atoms with van der Waals surface area (Å²) in [5.41, 5.74) is 3.48. The van der Waals surface area contributed by atoms with Gasteiger partial charge in [-0.25, -0.2) is 4.68 Å². The first kappa shape index (κ1) is 21.0. The van der Waals surface area contributed by atoms with Crippen LogP contribution in [0, 0.1) is 6.92 Å². The van der Waals surface area contributed by atoms with E-state index in [0.717, 1.165) is 24.3 Å². The average Bonchev–Trinajstić information content (AvgIpc) is 3.57. The van der Waals surface area contributed by atoms with Gasteiger partial charge in [-0.05, 0) is 42.5 Å². The largest absolute Gasteiger partial charge is 0.337 e. The van der Waals surface area contributed by atoms with E-state index in [0.29, 0.717) is 30.4 Å². The molecule has 1 amide bonds. The van der Waals surface area contributed by atoms with E-state index in [1.807, 2.05) is 54.3 Å². The molecule has 3 heterocycles. The summed E-state index contributed by atoms with van der Waals surface area (Å²) in [5, 5.41) is 15.3. The van der Waals surface area contributed by atoms with E-state index in [2.05, 4.69) is 37.5 Å². The van der Waals surface area contributed by atoms with Crippen molar-refractivity contribution in [3.8, 4) is 17.1 Å². The van der Waals surface area contributed by atoms with Crippen molar-refractivity contribution >= 4 is 5.91 Å². The fourth-order valence-corrected chi connectivity index (χ4v) is 3.94. The zero-order chi connectivity index (χ0) is 22.8. The maximum atomic E-state index is 13.1. The van der Waals surface area contributed by atoms with Crippen LogP contribution >= 0.6 is 0 Å². The maximum Gasteiger partial charge on any atom is 0.254 e. The smallest absolute Gasteiger partial charge is 0.254 e. The molecule has 10 nitrogen and oxygen atoms in total. The minimum absolute atomic E-state index is 0.00308. The van der Waals surface area contributed by atoms with Crippen LogP contribution in [0.2, 0.25) is 0 Å². The number of piperazine rings is 1. The van der Waals surface area contributed by atoms with E-state index in [9.17, 15) is 4.79 Å². The highest BCUT2D eigenvalue weighted by atomic mass is 16.5. The molecule has 0 spiro atoms. The fraction of sp³-hybridized carbons (Fsp3) is 0.304. The minimum atomic E-state index is -0.0305. The predicted octanol–water partition coefficient (Wildman–Crippen LogP) is 2.54. The lowest BCUT2D eigenvalue weighted by Crippen LogP contribution is -2.49. The number of nitrogens with zero attached hydrogens (tertiary/aromatic N) is 8. The molecule has 1 aliphatic rings. The Hall–Kier alpha value is -3.92. The van der Waals surface area contributed by atoms with Crippen LogP contribution < -0.4 is 0 Å². The summed E-state index contributed by atoms with van der Waals surface area (Å²) in [7, 11) is 0. The molecule has 33 heavy (non-hydrogen) atoms. The summed E-state index contributed by atoms with van der Waals surface area (Å²) >= 11 is 0. The first-order chi connectivity index (χ1) is 16.1. The van der Waals surface area contributed by atoms with Crippen LogP contribution in [0.4, 0.5) is 0 Å². The molecule has 1 atom stereocenters. The van der Waals surface area contributed by atoms with E-state index < -0.39 is 0 Å². The van der Waals surface area contributed by atoms with Crippen LogP contribution in [-0.2, 0) is 0 Å². The van der Waals surface area contributed by atoms with Gasteiger partial charge >= 0.3 is 0 Å². The molecule has 1 fully saturated rings. The Labute approximate surface area is 190 Å². The second-order valence-electron chi connectivity index (χ2n) is 8.13. The van der Waals surface area contributed by atoms with Crippen LogP contribution in [0.15, 0.2) is 59.4 Å². The van der Waals surface area contributed by atoms with Crippen molar-refractivity contribution in [2.45, 2.75) is 19.9 Å². The third kappa shape index (κ3) is 4.37. The number of rotatable bonds is 5. The predicted molar refractivity (Wildman–Crippen MR) is 120 cm³/mol. The van der Waals surface area contributed by atoms with Gasteiger partial charge in [0.1, 0.15) is 6.33 Å². The van der Waals surface area contributed by atoms with E-state index >= 15 is 0 Å². The Bertz CT molecular complexity index is 1230. The summed E-state index contributed by atoms with van der Waals surface area (Å²) in [5.74, 6) is 1.17. The van der Waals surface area contributed by atoms with Crippen molar-refractivity contribution < 1.29 is 9.32 Å². The van der Waals surface area contributed by atoms with Gasteiger partial charge < -0.3 is 9.42 Å². The molecule has 0 saturated carbocycles. The highest BCUT2D eigenvalue weighted by Gasteiger charge is 2.28. The first-order valence-corrected chi connectivity index (χ1v) is 10.9. The summed E-state index contributed by atoms with van der Waals surface area (Å²) < 4.78 is 7.09. The molecular weight excluding hydrogens is 420 g/mol. The molecular formula is C23H24N8O2. The number of carbonyl (C=O) groups is 1. The van der Waals surface area contributed by atoms with E-state index in [1.54, 1.807) is 6.07 Å². The van der Waals surface area contributed by atoms with Crippen molar-refractivity contribution in [1.82, 2.24) is 40.1 Å². The van der Waals surface area contributed by atoms with Crippen molar-refractivity contribution in [3.05, 3.63) is 71.9 Å². The van der Waals surface area contributed by atoms with Gasteiger partial charge in [-0.2, -0.15) is 4.98 Å². The van der Waals surface area contributed by atoms with E-state index in [1.165, 1.54) is 16.6 Å². The number of hydrogen-bond donors (Lipinski definition) is 0. The highest BCUT2D eigenvalue weighted by Crippen LogP contribution is 2.24. The topological polar surface area (TPSA) is 106 Å². The first-order valence-electron chi connectivity index (χ1n) is 10.9. The molecule has 1 unspecified atom stereocenters. The van der Waals surface area contributed by atoms with E-state index in [4.69, 9.17) is 4.52 Å². The third-order valence-corrected chi connectivity index (χ3v) is 5.96. The van der Waals surface area contributed by atoms with Gasteiger partial charge in [0, 0.05) is 37.3 Å². The summed E-state index contributed by atoms with van der Waals surface area (Å²) in [6, 6.07) is 15.3. The van der Waals surface area contributed by atoms with Crippen molar-refractivity contribution in [3.63, 3.8) is 0 Å². The van der Waals surface area contributed by atoms with Crippen molar-refractivity contribution in [1.29, 1.82) is 0 Å². The van der Waals surface area contributed by atoms with Crippen molar-refractivity contribution in [2.24, 2.45) is 0 Å². The number of carbonyl (C=O) groups excluding carboxylic acids is 1. The Morgan fingerprint density at radius 1 is 1.06 bits per heavy atom. The van der Waals surface area contributed by atoms with Crippen molar-refractivity contribution in [2.75, 3.05) is 26.2 Å². The molecule has 0 bridgehead atoms. The molecule has 0 radical (unpaired) electrons. The summed E-state index contributed by atoms with van der Waals surface area (Å²) in [6.45, 7) is 6.79. The van der Waals surface area contributed by atoms with Crippen LogP contribution in [-0.4, -0.2) is 72.2 Å². The number of aryl methyl sites for hydroxylation is 1. The Balaban J connectivity index is 1.22. The van der Waals surface area contributed by atoms with Gasteiger partial charge in [0.2, 0.25) is 11.7 Å². The van der Waals surface area contributed by atoms with Gasteiger partial charge in [0.15, 0.2) is 0 Å². The second-order valence-corrected chi connectivity index (χ2v) is 8.13. The molecule has 10 heteroatoms. The molecule has 2 aromatic carbocycles. The maximum absolute atomic E-state index is 13.1. The minimum Gasteiger partial charge on any atom is -0.337 e. The summed E-state index contributed by atoms with van der Waals surface area (Å²) in [6.07, 6.45) is 1.51. The molecule has 1 aliphatic heterocycles. The lowest BCUT2D eigenvalue weighted by atomic mass is 10.1. The third-order valence-electron chi connectivity index (χ3n) is 5.96. The van der Waals surface area contributed by atoms with Gasteiger partial charge in [-0.3, -0.25) is 9.69 Å². The second kappa shape index (κ2) is 8.91. The zero-order valence-electron chi connectivity index (χ0n) is 18.5. The van der Waals surface area contributed by atoms with Gasteiger partial charge in [0.25, 0.3) is 5.91 Å². The SMILES string of the molecule is Cc1ccc(-c2noc(C(C)N3CCN(C(=O)c4cccc(-n5cnnn5)c4)CC3)n2)cc1. The van der Waals surface area contributed by atoms with Crippen LogP contribution in [0.5, 0.6) is 0 Å². The highest BCUT2D eigenvalue weighted by molar-refractivity contribution is 5.94. The number of tetrazole rings is 1. The molecule has 168 valence electrons. The number of aromatic nitrogens is 6. The van der Waals surface area contributed by atoms with Crippen LogP contribution in [0.25, 0.3) is 17.1 Å². The molecule has 0 N–H and O–H groups in total. The Kier molecular flexibility index (Phi) is 5.66. The van der Waals surface area contributed by atoms with Crippen LogP contribution in [0.3, 0.4) is 0 Å². The van der Waals surface area contributed by atoms with E-state index in [-0.39, 0.29) is 11.9 Å². The lowest BCUT2D eigenvalue weighted by Gasteiger charge is -2.36. The Morgan fingerprint density at radius 2 is 1.85 bits per heavy atom. The normalized spacial score (nSPS) is 15.5. The lowest BCUT2D eigenvalue weighted by molar-refractivity contribution is 0.0551. The van der Waals surface area contributed by atoms with Gasteiger partial charge in [0.05, 0.1) is 11.7 Å². The van der Waals surface area contributed by atoms with Gasteiger partial charge in [-0.1, -0.05) is 41.1 Å². The monoisotopic (exact) mass is 444 g/mol. The average molecular weight is 444 g/mol. The molecule has 5 rings (SSSR count). The fourth-order valence-electron chi connectivity index (χ4n) is 3.94. The molecule has 1 saturated heterocycles. The zero-order valence-corrected chi connectivity index (χ0v) is 18.5. The standard InChI is InChI=1S/C23H24N8O2/c1-16-6-8-18(9-7-16)21-25-22(33-26-21)17(2)29-10-12-30(13-11-29)23(32)19-4-3-5-20(14-19)31-15-24-27-28-31/h3-9,14-15,17H,10-13H2,1-2H3.